The van der Waals surface area contributed by atoms with Gasteiger partial charge >= 0.3 is 0 Å². The predicted octanol–water partition coefficient (Wildman–Crippen LogP) is 4.44. The van der Waals surface area contributed by atoms with E-state index in [1.807, 2.05) is 12.1 Å². The third-order valence-electron chi connectivity index (χ3n) is 5.56. The van der Waals surface area contributed by atoms with Gasteiger partial charge in [-0.3, -0.25) is 24.1 Å². The molecular formula is C27H25N3O5S. The Balaban J connectivity index is 1.25. The number of ether oxygens (including phenoxy) is 1. The minimum atomic E-state index is -0.328. The van der Waals surface area contributed by atoms with Crippen LogP contribution < -0.4 is 15.4 Å². The average Bonchev–Trinajstić information content (AvgIpc) is 3.13. The highest BCUT2D eigenvalue weighted by atomic mass is 32.2. The van der Waals surface area contributed by atoms with Crippen LogP contribution in [0.2, 0.25) is 0 Å². The second-order valence-electron chi connectivity index (χ2n) is 8.02. The molecule has 184 valence electrons. The number of para-hydroxylation sites is 1. The van der Waals surface area contributed by atoms with E-state index < -0.39 is 0 Å². The molecule has 0 fully saturated rings. The van der Waals surface area contributed by atoms with Crippen LogP contribution in [0.4, 0.5) is 11.4 Å². The molecule has 3 aromatic carbocycles. The van der Waals surface area contributed by atoms with Gasteiger partial charge in [0.25, 0.3) is 11.8 Å². The molecule has 1 heterocycles. The van der Waals surface area contributed by atoms with E-state index in [0.29, 0.717) is 34.7 Å². The van der Waals surface area contributed by atoms with Crippen LogP contribution in [0, 0.1) is 0 Å². The van der Waals surface area contributed by atoms with Gasteiger partial charge in [-0.05, 0) is 55.0 Å². The largest absolute Gasteiger partial charge is 0.497 e. The minimum Gasteiger partial charge on any atom is -0.497 e. The number of hydrogen-bond acceptors (Lipinski definition) is 6. The number of rotatable bonds is 10. The zero-order chi connectivity index (χ0) is 25.5. The van der Waals surface area contributed by atoms with Gasteiger partial charge in [0.1, 0.15) is 5.75 Å². The van der Waals surface area contributed by atoms with E-state index in [9.17, 15) is 19.2 Å². The number of anilines is 2. The maximum atomic E-state index is 12.6. The van der Waals surface area contributed by atoms with Crippen LogP contribution in [0.3, 0.4) is 0 Å². The summed E-state index contributed by atoms with van der Waals surface area (Å²) in [5, 5.41) is 5.70. The predicted molar refractivity (Wildman–Crippen MR) is 138 cm³/mol. The van der Waals surface area contributed by atoms with Crippen molar-refractivity contribution in [1.82, 2.24) is 4.90 Å². The molecule has 0 aliphatic carbocycles. The van der Waals surface area contributed by atoms with E-state index >= 15 is 0 Å². The number of nitrogens with zero attached hydrogens (tertiary/aromatic N) is 1. The first-order chi connectivity index (χ1) is 17.5. The molecule has 36 heavy (non-hydrogen) atoms. The van der Waals surface area contributed by atoms with Crippen LogP contribution in [-0.4, -0.2) is 47.9 Å². The van der Waals surface area contributed by atoms with Gasteiger partial charge in [0.05, 0.1) is 29.7 Å². The van der Waals surface area contributed by atoms with Gasteiger partial charge < -0.3 is 15.4 Å². The number of thioether (sulfide) groups is 1. The molecule has 3 aromatic rings. The van der Waals surface area contributed by atoms with Crippen LogP contribution in [0.15, 0.2) is 77.7 Å². The summed E-state index contributed by atoms with van der Waals surface area (Å²) in [6, 6.07) is 21.0. The molecule has 8 nitrogen and oxygen atoms in total. The normalized spacial score (nSPS) is 12.3. The molecule has 0 bridgehead atoms. The summed E-state index contributed by atoms with van der Waals surface area (Å²) in [5.41, 5.74) is 2.06. The Hall–Kier alpha value is -4.11. The minimum absolute atomic E-state index is 0.143. The fourth-order valence-corrected chi connectivity index (χ4v) is 4.57. The lowest BCUT2D eigenvalue weighted by Crippen LogP contribution is -2.31. The van der Waals surface area contributed by atoms with Crippen molar-refractivity contribution in [2.45, 2.75) is 17.7 Å². The van der Waals surface area contributed by atoms with Crippen molar-refractivity contribution in [3.05, 3.63) is 83.9 Å². The number of carbonyl (C=O) groups is 4. The van der Waals surface area contributed by atoms with Gasteiger partial charge in [0.15, 0.2) is 0 Å². The Morgan fingerprint density at radius 2 is 1.47 bits per heavy atom. The molecule has 4 rings (SSSR count). The SMILES string of the molecule is COc1ccc(NC(=O)CSc2ccccc2NC(=O)CCCN2C(=O)c3ccccc3C2=O)cc1. The summed E-state index contributed by atoms with van der Waals surface area (Å²) in [5.74, 6) is -0.194. The lowest BCUT2D eigenvalue weighted by molar-refractivity contribution is -0.116. The van der Waals surface area contributed by atoms with Crippen molar-refractivity contribution in [2.24, 2.45) is 0 Å². The van der Waals surface area contributed by atoms with Crippen molar-refractivity contribution >= 4 is 46.8 Å². The number of fused-ring (bicyclic) bond motifs is 1. The standard InChI is InChI=1S/C27H25N3O5S/c1-35-19-14-12-18(13-15-19)28-25(32)17-36-23-10-5-4-9-22(23)29-24(31)11-6-16-30-26(33)20-7-2-3-8-21(20)27(30)34/h2-5,7-10,12-15H,6,11,16-17H2,1H3,(H,28,32)(H,29,31). The molecule has 1 aliphatic heterocycles. The first-order valence-electron chi connectivity index (χ1n) is 11.4. The Labute approximate surface area is 213 Å². The van der Waals surface area contributed by atoms with Crippen molar-refractivity contribution in [2.75, 3.05) is 30.0 Å². The summed E-state index contributed by atoms with van der Waals surface area (Å²) < 4.78 is 5.11. The van der Waals surface area contributed by atoms with Crippen LogP contribution in [0.5, 0.6) is 5.75 Å². The number of amides is 4. The van der Waals surface area contributed by atoms with Gasteiger partial charge in [-0.1, -0.05) is 24.3 Å². The molecule has 4 amide bonds. The number of methoxy groups -OCH3 is 1. The van der Waals surface area contributed by atoms with Crippen LogP contribution in [0.1, 0.15) is 33.6 Å². The topological polar surface area (TPSA) is 105 Å². The Kier molecular flexibility index (Phi) is 8.02. The molecule has 2 N–H and O–H groups in total. The highest BCUT2D eigenvalue weighted by Crippen LogP contribution is 2.28. The van der Waals surface area contributed by atoms with Gasteiger partial charge in [0.2, 0.25) is 11.8 Å². The number of nitrogens with one attached hydrogen (secondary N) is 2. The van der Waals surface area contributed by atoms with Crippen LogP contribution in [0.25, 0.3) is 0 Å². The van der Waals surface area contributed by atoms with Gasteiger partial charge in [-0.25, -0.2) is 0 Å². The van der Waals surface area contributed by atoms with E-state index in [0.717, 1.165) is 4.90 Å². The maximum absolute atomic E-state index is 12.6. The number of benzene rings is 3. The molecule has 0 unspecified atom stereocenters. The molecule has 0 saturated heterocycles. The molecule has 0 aromatic heterocycles. The van der Waals surface area contributed by atoms with Crippen molar-refractivity contribution in [3.8, 4) is 5.75 Å². The molecule has 0 atom stereocenters. The second kappa shape index (κ2) is 11.5. The molecule has 9 heteroatoms. The second-order valence-corrected chi connectivity index (χ2v) is 9.04. The van der Waals surface area contributed by atoms with Gasteiger partial charge in [-0.2, -0.15) is 0 Å². The van der Waals surface area contributed by atoms with E-state index in [-0.39, 0.29) is 42.3 Å². The van der Waals surface area contributed by atoms with Crippen LogP contribution in [-0.2, 0) is 9.59 Å². The van der Waals surface area contributed by atoms with Crippen molar-refractivity contribution < 1.29 is 23.9 Å². The van der Waals surface area contributed by atoms with Gasteiger partial charge in [-0.15, -0.1) is 11.8 Å². The number of imide groups is 1. The highest BCUT2D eigenvalue weighted by molar-refractivity contribution is 8.00. The monoisotopic (exact) mass is 503 g/mol. The summed E-state index contributed by atoms with van der Waals surface area (Å²) >= 11 is 1.31. The van der Waals surface area contributed by atoms with Crippen molar-refractivity contribution in [1.29, 1.82) is 0 Å². The Morgan fingerprint density at radius 1 is 0.833 bits per heavy atom. The Bertz CT molecular complexity index is 1260. The summed E-state index contributed by atoms with van der Waals surface area (Å²) in [4.78, 5) is 51.8. The smallest absolute Gasteiger partial charge is 0.261 e. The number of carbonyl (C=O) groups excluding carboxylic acids is 4. The fraction of sp³-hybridized carbons (Fsp3) is 0.185. The Morgan fingerprint density at radius 3 is 2.14 bits per heavy atom. The van der Waals surface area contributed by atoms with E-state index in [4.69, 9.17) is 4.74 Å². The molecule has 0 saturated carbocycles. The lowest BCUT2D eigenvalue weighted by atomic mass is 10.1. The summed E-state index contributed by atoms with van der Waals surface area (Å²) in [7, 11) is 1.58. The van der Waals surface area contributed by atoms with E-state index in [1.165, 1.54) is 16.7 Å². The molecule has 0 radical (unpaired) electrons. The summed E-state index contributed by atoms with van der Waals surface area (Å²) in [6.07, 6.45) is 0.487. The third kappa shape index (κ3) is 5.92. The van der Waals surface area contributed by atoms with Gasteiger partial charge in [0, 0.05) is 23.5 Å². The van der Waals surface area contributed by atoms with Crippen LogP contribution >= 0.6 is 11.8 Å². The fourth-order valence-electron chi connectivity index (χ4n) is 3.76. The summed E-state index contributed by atoms with van der Waals surface area (Å²) in [6.45, 7) is 0.168. The molecule has 1 aliphatic rings. The first-order valence-corrected chi connectivity index (χ1v) is 12.4. The van der Waals surface area contributed by atoms with Crippen molar-refractivity contribution in [3.63, 3.8) is 0 Å². The van der Waals surface area contributed by atoms with E-state index in [1.54, 1.807) is 67.8 Å². The maximum Gasteiger partial charge on any atom is 0.261 e. The van der Waals surface area contributed by atoms with E-state index in [2.05, 4.69) is 10.6 Å². The first kappa shape index (κ1) is 25.0. The molecule has 0 spiro atoms. The zero-order valence-electron chi connectivity index (χ0n) is 19.7. The lowest BCUT2D eigenvalue weighted by Gasteiger charge is -2.14. The quantitative estimate of drug-likeness (QED) is 0.313. The average molecular weight is 504 g/mol. The number of hydrogen-bond donors (Lipinski definition) is 2. The molecular weight excluding hydrogens is 478 g/mol. The highest BCUT2D eigenvalue weighted by Gasteiger charge is 2.34. The zero-order valence-corrected chi connectivity index (χ0v) is 20.5. The third-order valence-corrected chi connectivity index (χ3v) is 6.63.